The summed E-state index contributed by atoms with van der Waals surface area (Å²) in [5.41, 5.74) is 1.22. The fraction of sp³-hybridized carbons (Fsp3) is 0.565. The Morgan fingerprint density at radius 2 is 1.36 bits per heavy atom. The predicted molar refractivity (Wildman–Crippen MR) is 111 cm³/mol. The quantitative estimate of drug-likeness (QED) is 0.787. The first-order valence-corrected chi connectivity index (χ1v) is 10.7. The van der Waals surface area contributed by atoms with Gasteiger partial charge in [-0.05, 0) is 31.2 Å². The molecule has 0 bridgehead atoms. The number of nitrogens with zero attached hydrogens (tertiary/aromatic N) is 3. The second kappa shape index (κ2) is 8.91. The van der Waals surface area contributed by atoms with Crippen molar-refractivity contribution in [2.75, 3.05) is 45.8 Å². The van der Waals surface area contributed by atoms with Crippen molar-refractivity contribution in [2.24, 2.45) is 11.8 Å². The number of rotatable bonds is 5. The molecule has 3 aliphatic rings. The summed E-state index contributed by atoms with van der Waals surface area (Å²) in [6.45, 7) is 5.96. The van der Waals surface area contributed by atoms with E-state index in [1.807, 2.05) is 15.9 Å². The van der Waals surface area contributed by atoms with Gasteiger partial charge in [0.15, 0.2) is 0 Å². The van der Waals surface area contributed by atoms with Gasteiger partial charge >= 0.3 is 0 Å². The largest absolute Gasteiger partial charge is 0.342 e. The van der Waals surface area contributed by atoms with Gasteiger partial charge in [0.25, 0.3) is 0 Å². The van der Waals surface area contributed by atoms with Gasteiger partial charge in [-0.1, -0.05) is 42.5 Å². The van der Waals surface area contributed by atoms with Crippen LogP contribution in [0.25, 0.3) is 6.08 Å². The first-order valence-electron chi connectivity index (χ1n) is 10.7. The molecule has 1 aromatic carbocycles. The number of carbonyl (C=O) groups is 2. The number of likely N-dealkylation sites (tertiary alicyclic amines) is 1. The Balaban J connectivity index is 1.18. The molecule has 0 aromatic heterocycles. The second-order valence-electron chi connectivity index (χ2n) is 8.31. The van der Waals surface area contributed by atoms with Gasteiger partial charge in [0.1, 0.15) is 0 Å². The third kappa shape index (κ3) is 4.82. The molecule has 2 amide bonds. The molecule has 3 fully saturated rings. The predicted octanol–water partition coefficient (Wildman–Crippen LogP) is 2.49. The zero-order valence-electron chi connectivity index (χ0n) is 16.6. The summed E-state index contributed by atoms with van der Waals surface area (Å²) in [5, 5.41) is 0. The molecule has 0 atom stereocenters. The van der Waals surface area contributed by atoms with E-state index in [4.69, 9.17) is 0 Å². The zero-order chi connectivity index (χ0) is 19.3. The van der Waals surface area contributed by atoms with Crippen molar-refractivity contribution in [3.05, 3.63) is 42.0 Å². The van der Waals surface area contributed by atoms with Crippen molar-refractivity contribution in [1.82, 2.24) is 14.7 Å². The Labute approximate surface area is 168 Å². The highest BCUT2D eigenvalue weighted by atomic mass is 16.2. The topological polar surface area (TPSA) is 43.9 Å². The molecule has 28 heavy (non-hydrogen) atoms. The molecule has 4 rings (SSSR count). The van der Waals surface area contributed by atoms with E-state index in [-0.39, 0.29) is 11.8 Å². The molecule has 1 aliphatic carbocycles. The third-order valence-corrected chi connectivity index (χ3v) is 6.24. The summed E-state index contributed by atoms with van der Waals surface area (Å²) >= 11 is 0. The minimum absolute atomic E-state index is 0.104. The SMILES string of the molecule is O=C(C1CC1)N1CCC(C(=O)N2CCN(CC=Cc3ccccc3)CC2)CC1. The summed E-state index contributed by atoms with van der Waals surface area (Å²) in [7, 11) is 0. The van der Waals surface area contributed by atoms with Crippen LogP contribution in [0.4, 0.5) is 0 Å². The van der Waals surface area contributed by atoms with E-state index in [0.29, 0.717) is 11.8 Å². The lowest BCUT2D eigenvalue weighted by Crippen LogP contribution is -2.52. The summed E-state index contributed by atoms with van der Waals surface area (Å²) in [4.78, 5) is 31.5. The average Bonchev–Trinajstić information content (AvgIpc) is 3.60. The van der Waals surface area contributed by atoms with Gasteiger partial charge < -0.3 is 9.80 Å². The van der Waals surface area contributed by atoms with Crippen LogP contribution in [0.2, 0.25) is 0 Å². The monoisotopic (exact) mass is 381 g/mol. The lowest BCUT2D eigenvalue weighted by atomic mass is 9.94. The fourth-order valence-corrected chi connectivity index (χ4v) is 4.25. The van der Waals surface area contributed by atoms with E-state index in [2.05, 4.69) is 41.3 Å². The molecular formula is C23H31N3O2. The van der Waals surface area contributed by atoms with Gasteiger partial charge in [0.2, 0.25) is 11.8 Å². The summed E-state index contributed by atoms with van der Waals surface area (Å²) in [6, 6.07) is 10.3. The molecule has 1 saturated carbocycles. The van der Waals surface area contributed by atoms with Crippen LogP contribution in [0.1, 0.15) is 31.2 Å². The van der Waals surface area contributed by atoms with E-state index >= 15 is 0 Å². The summed E-state index contributed by atoms with van der Waals surface area (Å²) < 4.78 is 0. The minimum atomic E-state index is 0.104. The Morgan fingerprint density at radius 1 is 0.786 bits per heavy atom. The maximum absolute atomic E-state index is 12.9. The molecule has 150 valence electrons. The number of hydrogen-bond donors (Lipinski definition) is 0. The van der Waals surface area contributed by atoms with E-state index in [0.717, 1.165) is 71.5 Å². The van der Waals surface area contributed by atoms with Gasteiger partial charge in [0, 0.05) is 57.6 Å². The van der Waals surface area contributed by atoms with Gasteiger partial charge in [-0.2, -0.15) is 0 Å². The first kappa shape index (κ1) is 19.2. The van der Waals surface area contributed by atoms with Crippen LogP contribution in [0.15, 0.2) is 36.4 Å². The molecule has 0 N–H and O–H groups in total. The number of piperazine rings is 1. The fourth-order valence-electron chi connectivity index (χ4n) is 4.25. The molecule has 2 aliphatic heterocycles. The van der Waals surface area contributed by atoms with Crippen molar-refractivity contribution in [3.63, 3.8) is 0 Å². The summed E-state index contributed by atoms with van der Waals surface area (Å²) in [6.07, 6.45) is 8.15. The van der Waals surface area contributed by atoms with E-state index < -0.39 is 0 Å². The molecular weight excluding hydrogens is 350 g/mol. The standard InChI is InChI=1S/C23H31N3O2/c27-22(20-8-9-20)25-13-10-21(11-14-25)23(28)26-17-15-24(16-18-26)12-4-7-19-5-2-1-3-6-19/h1-7,20-21H,8-18H2. The zero-order valence-corrected chi connectivity index (χ0v) is 16.6. The number of benzene rings is 1. The lowest BCUT2D eigenvalue weighted by molar-refractivity contribution is -0.142. The molecule has 1 aromatic rings. The average molecular weight is 382 g/mol. The van der Waals surface area contributed by atoms with Crippen molar-refractivity contribution in [1.29, 1.82) is 0 Å². The normalized spacial score (nSPS) is 22.0. The molecule has 0 spiro atoms. The van der Waals surface area contributed by atoms with Crippen molar-refractivity contribution < 1.29 is 9.59 Å². The number of amides is 2. The Bertz CT molecular complexity index is 698. The van der Waals surface area contributed by atoms with Gasteiger partial charge in [-0.3, -0.25) is 14.5 Å². The van der Waals surface area contributed by atoms with Gasteiger partial charge in [-0.15, -0.1) is 0 Å². The highest BCUT2D eigenvalue weighted by Crippen LogP contribution is 2.32. The van der Waals surface area contributed by atoms with Gasteiger partial charge in [-0.25, -0.2) is 0 Å². The molecule has 5 heteroatoms. The van der Waals surface area contributed by atoms with Crippen molar-refractivity contribution in [2.45, 2.75) is 25.7 Å². The highest BCUT2D eigenvalue weighted by molar-refractivity contribution is 5.82. The minimum Gasteiger partial charge on any atom is -0.342 e. The van der Waals surface area contributed by atoms with Crippen LogP contribution >= 0.6 is 0 Å². The van der Waals surface area contributed by atoms with Crippen LogP contribution in [0.5, 0.6) is 0 Å². The molecule has 0 unspecified atom stereocenters. The summed E-state index contributed by atoms with van der Waals surface area (Å²) in [5.74, 6) is 1.02. The Kier molecular flexibility index (Phi) is 6.10. The van der Waals surface area contributed by atoms with Gasteiger partial charge in [0.05, 0.1) is 0 Å². The molecule has 0 radical (unpaired) electrons. The number of hydrogen-bond acceptors (Lipinski definition) is 3. The smallest absolute Gasteiger partial charge is 0.225 e. The number of piperidine rings is 1. The second-order valence-corrected chi connectivity index (χ2v) is 8.31. The van der Waals surface area contributed by atoms with Crippen molar-refractivity contribution in [3.8, 4) is 0 Å². The molecule has 2 saturated heterocycles. The third-order valence-electron chi connectivity index (χ3n) is 6.24. The maximum Gasteiger partial charge on any atom is 0.225 e. The van der Waals surface area contributed by atoms with Crippen molar-refractivity contribution >= 4 is 17.9 Å². The van der Waals surface area contributed by atoms with Crippen LogP contribution in [0, 0.1) is 11.8 Å². The van der Waals surface area contributed by atoms with E-state index in [1.54, 1.807) is 0 Å². The van der Waals surface area contributed by atoms with Crippen LogP contribution in [-0.4, -0.2) is 72.3 Å². The number of carbonyl (C=O) groups excluding carboxylic acids is 2. The molecule has 5 nitrogen and oxygen atoms in total. The van der Waals surface area contributed by atoms with Crippen LogP contribution < -0.4 is 0 Å². The first-order chi connectivity index (χ1) is 13.7. The Morgan fingerprint density at radius 3 is 1.96 bits per heavy atom. The lowest BCUT2D eigenvalue weighted by Gasteiger charge is -2.38. The highest BCUT2D eigenvalue weighted by Gasteiger charge is 2.37. The van der Waals surface area contributed by atoms with E-state index in [9.17, 15) is 9.59 Å². The van der Waals surface area contributed by atoms with Crippen LogP contribution in [-0.2, 0) is 9.59 Å². The van der Waals surface area contributed by atoms with Crippen LogP contribution in [0.3, 0.4) is 0 Å². The maximum atomic E-state index is 12.9. The Hall–Kier alpha value is -2.14. The molecule has 2 heterocycles. The van der Waals surface area contributed by atoms with E-state index in [1.165, 1.54) is 5.56 Å².